The summed E-state index contributed by atoms with van der Waals surface area (Å²) in [6, 6.07) is 8.83. The van der Waals surface area contributed by atoms with E-state index in [4.69, 9.17) is 0 Å². The van der Waals surface area contributed by atoms with E-state index in [1.54, 1.807) is 24.3 Å². The van der Waals surface area contributed by atoms with Gasteiger partial charge in [-0.25, -0.2) is 0 Å². The Morgan fingerprint density at radius 1 is 0.611 bits per heavy atom. The third-order valence-corrected chi connectivity index (χ3v) is 2.56. The first-order chi connectivity index (χ1) is 8.58. The average Bonchev–Trinajstić information content (AvgIpc) is 2.39. The van der Waals surface area contributed by atoms with Crippen molar-refractivity contribution in [1.82, 2.24) is 0 Å². The molecule has 2 aromatic carbocycles. The normalized spacial score (nSPS) is 10.1. The first kappa shape index (κ1) is 12.1. The van der Waals surface area contributed by atoms with Crippen LogP contribution >= 0.6 is 0 Å². The maximum atomic E-state index is 12.4. The van der Waals surface area contributed by atoms with Crippen LogP contribution in [0.2, 0.25) is 0 Å². The number of hydrogen-bond acceptors (Lipinski definition) is 2. The van der Waals surface area contributed by atoms with Crippen LogP contribution in [-0.2, 0) is 0 Å². The largest absolute Gasteiger partial charge is 0.332 e. The van der Waals surface area contributed by atoms with Crippen LogP contribution in [0.3, 0.4) is 0 Å². The van der Waals surface area contributed by atoms with Crippen molar-refractivity contribution in [2.75, 3.05) is 0 Å². The molecule has 0 unspecified atom stereocenters. The molecular formula is C14H8F2O2. The van der Waals surface area contributed by atoms with Gasteiger partial charge in [-0.1, -0.05) is 24.3 Å². The fraction of sp³-hybridized carbons (Fsp3) is 0. The molecule has 2 nitrogen and oxygen atoms in total. The zero-order chi connectivity index (χ0) is 13.1. The molecule has 2 aromatic rings. The zero-order valence-electron chi connectivity index (χ0n) is 9.19. The first-order valence-electron chi connectivity index (χ1n) is 5.18. The van der Waals surface area contributed by atoms with Gasteiger partial charge in [0.15, 0.2) is 0 Å². The van der Waals surface area contributed by atoms with Crippen LogP contribution in [0.25, 0.3) is 11.1 Å². The fourth-order valence-electron chi connectivity index (χ4n) is 1.59. The minimum absolute atomic E-state index is 0.0192. The second kappa shape index (κ2) is 4.87. The highest BCUT2D eigenvalue weighted by Crippen LogP contribution is 2.21. The van der Waals surface area contributed by atoms with Crippen molar-refractivity contribution < 1.29 is 18.4 Å². The molecule has 0 aliphatic heterocycles. The Bertz CT molecular complexity index is 531. The van der Waals surface area contributed by atoms with Gasteiger partial charge in [-0.3, -0.25) is 9.59 Å². The number of carbonyl (C=O) groups excluding carboxylic acids is 2. The molecule has 0 heterocycles. The highest BCUT2D eigenvalue weighted by atomic mass is 19.1. The molecule has 2 rings (SSSR count). The molecule has 4 heteroatoms. The van der Waals surface area contributed by atoms with Crippen molar-refractivity contribution in [3.63, 3.8) is 0 Å². The van der Waals surface area contributed by atoms with Crippen molar-refractivity contribution >= 4 is 12.1 Å². The molecule has 0 amide bonds. The molecular weight excluding hydrogens is 238 g/mol. The number of rotatable bonds is 3. The first-order valence-corrected chi connectivity index (χ1v) is 5.18. The Kier molecular flexibility index (Phi) is 3.28. The van der Waals surface area contributed by atoms with Gasteiger partial charge in [0, 0.05) is 0 Å². The fourth-order valence-corrected chi connectivity index (χ4v) is 1.59. The maximum Gasteiger partial charge on any atom is 0.332 e. The predicted molar refractivity (Wildman–Crippen MR) is 62.8 cm³/mol. The third kappa shape index (κ3) is 2.48. The molecule has 0 saturated heterocycles. The third-order valence-electron chi connectivity index (χ3n) is 2.56. The SMILES string of the molecule is O=C(F)c1ccc(-c2ccc(C(=O)F)cc2)cc1. The quantitative estimate of drug-likeness (QED) is 0.776. The van der Waals surface area contributed by atoms with Gasteiger partial charge < -0.3 is 0 Å². The second-order valence-corrected chi connectivity index (χ2v) is 3.70. The van der Waals surface area contributed by atoms with Gasteiger partial charge in [-0.15, -0.1) is 0 Å². The zero-order valence-corrected chi connectivity index (χ0v) is 9.19. The van der Waals surface area contributed by atoms with Crippen LogP contribution in [0.15, 0.2) is 48.5 Å². The molecule has 0 saturated carbocycles. The van der Waals surface area contributed by atoms with E-state index in [0.29, 0.717) is 0 Å². The highest BCUT2D eigenvalue weighted by Gasteiger charge is 2.06. The standard InChI is InChI=1S/C14H8F2O2/c15-13(17)11-5-1-9(2-6-11)10-3-7-12(8-4-10)14(16)18/h1-8H. The topological polar surface area (TPSA) is 34.1 Å². The molecule has 0 aromatic heterocycles. The summed E-state index contributed by atoms with van der Waals surface area (Å²) in [7, 11) is 0. The molecule has 0 aliphatic rings. The smallest absolute Gasteiger partial charge is 0.255 e. The van der Waals surface area contributed by atoms with E-state index in [1.807, 2.05) is 0 Å². The van der Waals surface area contributed by atoms with Gasteiger partial charge >= 0.3 is 12.1 Å². The molecule has 0 atom stereocenters. The monoisotopic (exact) mass is 246 g/mol. The van der Waals surface area contributed by atoms with E-state index < -0.39 is 12.1 Å². The summed E-state index contributed by atoms with van der Waals surface area (Å²) < 4.78 is 24.8. The van der Waals surface area contributed by atoms with Crippen molar-refractivity contribution in [1.29, 1.82) is 0 Å². The van der Waals surface area contributed by atoms with Crippen molar-refractivity contribution in [3.8, 4) is 11.1 Å². The molecule has 0 N–H and O–H groups in total. The Hall–Kier alpha value is -2.36. The average molecular weight is 246 g/mol. The summed E-state index contributed by atoms with van der Waals surface area (Å²) in [4.78, 5) is 20.9. The molecule has 0 aliphatic carbocycles. The van der Waals surface area contributed by atoms with Gasteiger partial charge in [-0.05, 0) is 35.4 Å². The molecule has 90 valence electrons. The van der Waals surface area contributed by atoms with Gasteiger partial charge in [0.25, 0.3) is 0 Å². The summed E-state index contributed by atoms with van der Waals surface area (Å²) in [6.07, 6.45) is 0. The Morgan fingerprint density at radius 2 is 0.889 bits per heavy atom. The lowest BCUT2D eigenvalue weighted by Gasteiger charge is -2.02. The summed E-state index contributed by atoms with van der Waals surface area (Å²) in [5.41, 5.74) is 1.46. The van der Waals surface area contributed by atoms with E-state index in [9.17, 15) is 18.4 Å². The Balaban J connectivity index is 2.31. The summed E-state index contributed by atoms with van der Waals surface area (Å²) >= 11 is 0. The predicted octanol–water partition coefficient (Wildman–Crippen LogP) is 3.57. The highest BCUT2D eigenvalue weighted by molar-refractivity contribution is 5.90. The second-order valence-electron chi connectivity index (χ2n) is 3.70. The maximum absolute atomic E-state index is 12.4. The van der Waals surface area contributed by atoms with E-state index in [0.717, 1.165) is 11.1 Å². The molecule has 0 bridgehead atoms. The molecule has 0 fully saturated rings. The van der Waals surface area contributed by atoms with Crippen LogP contribution in [0.1, 0.15) is 20.7 Å². The van der Waals surface area contributed by atoms with E-state index in [-0.39, 0.29) is 11.1 Å². The van der Waals surface area contributed by atoms with E-state index >= 15 is 0 Å². The summed E-state index contributed by atoms with van der Waals surface area (Å²) in [6.45, 7) is 0. The number of halogens is 2. The minimum Gasteiger partial charge on any atom is -0.255 e. The summed E-state index contributed by atoms with van der Waals surface area (Å²) in [5.74, 6) is 0. The molecule has 0 radical (unpaired) electrons. The summed E-state index contributed by atoms with van der Waals surface area (Å²) in [5, 5.41) is 0. The van der Waals surface area contributed by atoms with Gasteiger partial charge in [0.05, 0.1) is 11.1 Å². The number of hydrogen-bond donors (Lipinski definition) is 0. The van der Waals surface area contributed by atoms with Crippen LogP contribution in [-0.4, -0.2) is 12.1 Å². The Morgan fingerprint density at radius 3 is 1.11 bits per heavy atom. The number of carbonyl (C=O) groups is 2. The van der Waals surface area contributed by atoms with Gasteiger partial charge in [0.2, 0.25) is 0 Å². The van der Waals surface area contributed by atoms with Gasteiger partial charge in [-0.2, -0.15) is 8.78 Å². The van der Waals surface area contributed by atoms with Gasteiger partial charge in [0.1, 0.15) is 0 Å². The lowest BCUT2D eigenvalue weighted by Crippen LogP contribution is -1.90. The number of benzene rings is 2. The van der Waals surface area contributed by atoms with Crippen LogP contribution in [0, 0.1) is 0 Å². The molecule has 0 spiro atoms. The minimum atomic E-state index is -1.49. The lowest BCUT2D eigenvalue weighted by molar-refractivity contribution is 0.0826. The van der Waals surface area contributed by atoms with E-state index in [2.05, 4.69) is 0 Å². The van der Waals surface area contributed by atoms with Crippen molar-refractivity contribution in [2.24, 2.45) is 0 Å². The van der Waals surface area contributed by atoms with E-state index in [1.165, 1.54) is 24.3 Å². The Labute approximate surface area is 102 Å². The van der Waals surface area contributed by atoms with Crippen molar-refractivity contribution in [3.05, 3.63) is 59.7 Å². The molecule has 18 heavy (non-hydrogen) atoms. The van der Waals surface area contributed by atoms with Crippen LogP contribution < -0.4 is 0 Å². The lowest BCUT2D eigenvalue weighted by atomic mass is 10.0. The van der Waals surface area contributed by atoms with Crippen LogP contribution in [0.4, 0.5) is 8.78 Å². The van der Waals surface area contributed by atoms with Crippen molar-refractivity contribution in [2.45, 2.75) is 0 Å². The van der Waals surface area contributed by atoms with Crippen LogP contribution in [0.5, 0.6) is 0 Å².